The van der Waals surface area contributed by atoms with Crippen molar-refractivity contribution in [2.75, 3.05) is 17.7 Å². The van der Waals surface area contributed by atoms with Crippen molar-refractivity contribution in [1.82, 2.24) is 9.97 Å². The SMILES string of the molecule is COc1ccc(NC(=O)c2cccc(Nc3ccnc(-c4ccc(F)cc4)n3)c2)cc1. The quantitative estimate of drug-likeness (QED) is 0.449. The van der Waals surface area contributed by atoms with Gasteiger partial charge in [0.1, 0.15) is 17.4 Å². The molecule has 4 rings (SSSR count). The van der Waals surface area contributed by atoms with Crippen molar-refractivity contribution in [1.29, 1.82) is 0 Å². The van der Waals surface area contributed by atoms with Crippen LogP contribution in [0.15, 0.2) is 85.1 Å². The molecule has 0 saturated carbocycles. The largest absolute Gasteiger partial charge is 0.497 e. The van der Waals surface area contributed by atoms with Crippen molar-refractivity contribution in [3.63, 3.8) is 0 Å². The van der Waals surface area contributed by atoms with E-state index in [-0.39, 0.29) is 11.7 Å². The molecule has 0 aliphatic rings. The van der Waals surface area contributed by atoms with Crippen molar-refractivity contribution in [2.24, 2.45) is 0 Å². The molecule has 0 saturated heterocycles. The molecule has 6 nitrogen and oxygen atoms in total. The third kappa shape index (κ3) is 5.02. The minimum absolute atomic E-state index is 0.233. The molecule has 2 N–H and O–H groups in total. The normalized spacial score (nSPS) is 10.4. The lowest BCUT2D eigenvalue weighted by atomic mass is 10.1. The van der Waals surface area contributed by atoms with E-state index in [2.05, 4.69) is 20.6 Å². The molecule has 0 atom stereocenters. The van der Waals surface area contributed by atoms with Crippen molar-refractivity contribution >= 4 is 23.1 Å². The van der Waals surface area contributed by atoms with E-state index in [4.69, 9.17) is 4.74 Å². The molecule has 0 radical (unpaired) electrons. The van der Waals surface area contributed by atoms with E-state index in [9.17, 15) is 9.18 Å². The summed E-state index contributed by atoms with van der Waals surface area (Å²) in [5.41, 5.74) is 2.57. The summed E-state index contributed by atoms with van der Waals surface area (Å²) in [7, 11) is 1.59. The van der Waals surface area contributed by atoms with Gasteiger partial charge in [0.25, 0.3) is 5.91 Å². The molecule has 0 aliphatic carbocycles. The second-order valence-electron chi connectivity index (χ2n) is 6.66. The Morgan fingerprint density at radius 3 is 2.45 bits per heavy atom. The molecule has 0 fully saturated rings. The number of methoxy groups -OCH3 is 1. The highest BCUT2D eigenvalue weighted by molar-refractivity contribution is 6.04. The van der Waals surface area contributed by atoms with Crippen LogP contribution in [-0.2, 0) is 0 Å². The first-order valence-electron chi connectivity index (χ1n) is 9.52. The van der Waals surface area contributed by atoms with Crippen molar-refractivity contribution in [3.8, 4) is 17.1 Å². The lowest BCUT2D eigenvalue weighted by Gasteiger charge is -2.10. The molecule has 7 heteroatoms. The van der Waals surface area contributed by atoms with Gasteiger partial charge in [-0.15, -0.1) is 0 Å². The van der Waals surface area contributed by atoms with Gasteiger partial charge in [0.05, 0.1) is 7.11 Å². The Morgan fingerprint density at radius 1 is 0.935 bits per heavy atom. The highest BCUT2D eigenvalue weighted by Crippen LogP contribution is 2.21. The Balaban J connectivity index is 1.48. The maximum absolute atomic E-state index is 13.2. The number of nitrogens with zero attached hydrogens (tertiary/aromatic N) is 2. The molecule has 154 valence electrons. The summed E-state index contributed by atoms with van der Waals surface area (Å²) in [6.45, 7) is 0. The van der Waals surface area contributed by atoms with E-state index in [1.807, 2.05) is 6.07 Å². The zero-order chi connectivity index (χ0) is 21.6. The summed E-state index contributed by atoms with van der Waals surface area (Å²) >= 11 is 0. The minimum Gasteiger partial charge on any atom is -0.497 e. The maximum atomic E-state index is 13.2. The fourth-order valence-corrected chi connectivity index (χ4v) is 2.93. The smallest absolute Gasteiger partial charge is 0.255 e. The number of ether oxygens (including phenoxy) is 1. The van der Waals surface area contributed by atoms with Gasteiger partial charge in [0.15, 0.2) is 5.82 Å². The molecule has 4 aromatic rings. The molecule has 1 aromatic heterocycles. The Hall–Kier alpha value is -4.26. The number of aromatic nitrogens is 2. The van der Waals surface area contributed by atoms with Crippen molar-refractivity contribution < 1.29 is 13.9 Å². The first-order chi connectivity index (χ1) is 15.1. The number of amides is 1. The lowest BCUT2D eigenvalue weighted by molar-refractivity contribution is 0.102. The van der Waals surface area contributed by atoms with Crippen LogP contribution < -0.4 is 15.4 Å². The van der Waals surface area contributed by atoms with Gasteiger partial charge in [-0.3, -0.25) is 4.79 Å². The number of carbonyl (C=O) groups is 1. The van der Waals surface area contributed by atoms with Crippen LogP contribution in [0.4, 0.5) is 21.6 Å². The molecular formula is C24H19FN4O2. The summed E-state index contributed by atoms with van der Waals surface area (Å²) in [5, 5.41) is 6.04. The third-order valence-corrected chi connectivity index (χ3v) is 4.50. The van der Waals surface area contributed by atoms with E-state index in [1.54, 1.807) is 74.0 Å². The Kier molecular flexibility index (Phi) is 5.84. The summed E-state index contributed by atoms with van der Waals surface area (Å²) in [5.74, 6) is 1.20. The predicted molar refractivity (Wildman–Crippen MR) is 118 cm³/mol. The number of rotatable bonds is 6. The molecule has 0 bridgehead atoms. The lowest BCUT2D eigenvalue weighted by Crippen LogP contribution is -2.12. The average molecular weight is 414 g/mol. The van der Waals surface area contributed by atoms with E-state index in [1.165, 1.54) is 12.1 Å². The van der Waals surface area contributed by atoms with Crippen LogP contribution in [0, 0.1) is 5.82 Å². The van der Waals surface area contributed by atoms with Crippen LogP contribution in [0.2, 0.25) is 0 Å². The van der Waals surface area contributed by atoms with E-state index in [0.717, 1.165) is 0 Å². The molecule has 0 unspecified atom stereocenters. The minimum atomic E-state index is -0.317. The predicted octanol–water partition coefficient (Wildman–Crippen LogP) is 5.29. The van der Waals surface area contributed by atoms with Crippen molar-refractivity contribution in [2.45, 2.75) is 0 Å². The highest BCUT2D eigenvalue weighted by Gasteiger charge is 2.08. The first kappa shape index (κ1) is 20.0. The third-order valence-electron chi connectivity index (χ3n) is 4.50. The Morgan fingerprint density at radius 2 is 1.71 bits per heavy atom. The molecule has 1 heterocycles. The number of benzene rings is 3. The van der Waals surface area contributed by atoms with Crippen LogP contribution in [0.5, 0.6) is 5.75 Å². The zero-order valence-corrected chi connectivity index (χ0v) is 16.7. The summed E-state index contributed by atoms with van der Waals surface area (Å²) in [6, 6.07) is 21.9. The standard InChI is InChI=1S/C24H19FN4O2/c1-31-21-11-9-19(10-12-21)28-24(30)17-3-2-4-20(15-17)27-22-13-14-26-23(29-22)16-5-7-18(25)8-6-16/h2-15H,1H3,(H,28,30)(H,26,27,29). The number of halogens is 1. The topological polar surface area (TPSA) is 76.1 Å². The van der Waals surface area contributed by atoms with Crippen molar-refractivity contribution in [3.05, 3.63) is 96.4 Å². The molecule has 0 spiro atoms. The van der Waals surface area contributed by atoms with Crippen LogP contribution in [0.3, 0.4) is 0 Å². The summed E-state index contributed by atoms with van der Waals surface area (Å²) in [4.78, 5) is 21.3. The number of anilines is 3. The van der Waals surface area contributed by atoms with Crippen LogP contribution >= 0.6 is 0 Å². The van der Waals surface area contributed by atoms with Crippen LogP contribution in [0.25, 0.3) is 11.4 Å². The monoisotopic (exact) mass is 414 g/mol. The van der Waals surface area contributed by atoms with Gasteiger partial charge in [-0.25, -0.2) is 14.4 Å². The number of hydrogen-bond donors (Lipinski definition) is 2. The summed E-state index contributed by atoms with van der Waals surface area (Å²) < 4.78 is 18.3. The fourth-order valence-electron chi connectivity index (χ4n) is 2.93. The van der Waals surface area contributed by atoms with E-state index in [0.29, 0.717) is 39.9 Å². The second kappa shape index (κ2) is 9.04. The van der Waals surface area contributed by atoms with E-state index >= 15 is 0 Å². The zero-order valence-electron chi connectivity index (χ0n) is 16.7. The van der Waals surface area contributed by atoms with Crippen LogP contribution in [-0.4, -0.2) is 23.0 Å². The molecular weight excluding hydrogens is 395 g/mol. The van der Waals surface area contributed by atoms with Gasteiger partial charge in [0.2, 0.25) is 0 Å². The first-order valence-corrected chi connectivity index (χ1v) is 9.52. The van der Waals surface area contributed by atoms with Gasteiger partial charge in [-0.1, -0.05) is 6.07 Å². The second-order valence-corrected chi connectivity index (χ2v) is 6.66. The highest BCUT2D eigenvalue weighted by atomic mass is 19.1. The molecule has 0 aliphatic heterocycles. The number of nitrogens with one attached hydrogen (secondary N) is 2. The molecule has 1 amide bonds. The van der Waals surface area contributed by atoms with Gasteiger partial charge >= 0.3 is 0 Å². The van der Waals surface area contributed by atoms with Gasteiger partial charge in [-0.05, 0) is 72.8 Å². The van der Waals surface area contributed by atoms with Gasteiger partial charge in [0, 0.05) is 28.7 Å². The Bertz CT molecular complexity index is 1190. The molecule has 3 aromatic carbocycles. The van der Waals surface area contributed by atoms with Gasteiger partial charge in [-0.2, -0.15) is 0 Å². The Labute approximate surface area is 178 Å². The fraction of sp³-hybridized carbons (Fsp3) is 0.0417. The summed E-state index contributed by atoms with van der Waals surface area (Å²) in [6.07, 6.45) is 1.62. The average Bonchev–Trinajstić information content (AvgIpc) is 2.80. The van der Waals surface area contributed by atoms with E-state index < -0.39 is 0 Å². The van der Waals surface area contributed by atoms with Gasteiger partial charge < -0.3 is 15.4 Å². The maximum Gasteiger partial charge on any atom is 0.255 e. The molecule has 31 heavy (non-hydrogen) atoms. The number of hydrogen-bond acceptors (Lipinski definition) is 5. The number of carbonyl (C=O) groups excluding carboxylic acids is 1. The van der Waals surface area contributed by atoms with Crippen LogP contribution in [0.1, 0.15) is 10.4 Å².